The Kier molecular flexibility index (Phi) is 6.56. The Bertz CT molecular complexity index is 1020. The van der Waals surface area contributed by atoms with Crippen LogP contribution in [0.1, 0.15) is 27.7 Å². The Hall–Kier alpha value is -2.42. The van der Waals surface area contributed by atoms with Gasteiger partial charge in [-0.1, -0.05) is 11.6 Å². The smallest absolute Gasteiger partial charge is 0.412 e. The van der Waals surface area contributed by atoms with Crippen LogP contribution in [0.25, 0.3) is 20.9 Å². The van der Waals surface area contributed by atoms with Crippen LogP contribution in [0.4, 0.5) is 10.5 Å². The fourth-order valence-electron chi connectivity index (χ4n) is 2.36. The van der Waals surface area contributed by atoms with Crippen LogP contribution in [-0.4, -0.2) is 35.1 Å². The predicted octanol–water partition coefficient (Wildman–Crippen LogP) is 5.73. The van der Waals surface area contributed by atoms with Gasteiger partial charge in [0.05, 0.1) is 15.9 Å². The van der Waals surface area contributed by atoms with Crippen molar-refractivity contribution in [1.82, 2.24) is 9.97 Å². The highest BCUT2D eigenvalue weighted by Crippen LogP contribution is 2.33. The molecule has 3 rings (SSSR count). The first kappa shape index (κ1) is 21.3. The minimum atomic E-state index is -0.601. The van der Waals surface area contributed by atoms with E-state index in [9.17, 15) is 4.79 Å². The van der Waals surface area contributed by atoms with Gasteiger partial charge in [-0.25, -0.2) is 14.8 Å². The molecule has 0 unspecified atom stereocenters. The number of ether oxygens (including phenoxy) is 3. The summed E-state index contributed by atoms with van der Waals surface area (Å²) in [7, 11) is 0. The fraction of sp³-hybridized carbons (Fsp3) is 0.350. The molecule has 0 aliphatic carbocycles. The molecule has 2 aromatic heterocycles. The summed E-state index contributed by atoms with van der Waals surface area (Å²) < 4.78 is 16.9. The summed E-state index contributed by atoms with van der Waals surface area (Å²) >= 11 is 7.73. The van der Waals surface area contributed by atoms with Gasteiger partial charge >= 0.3 is 6.09 Å². The number of hydrogen-bond acceptors (Lipinski definition) is 7. The van der Waals surface area contributed by atoms with Gasteiger partial charge in [-0.3, -0.25) is 5.32 Å². The minimum absolute atomic E-state index is 0.161. The number of nitrogens with zero attached hydrogens (tertiary/aromatic N) is 2. The molecule has 0 bridgehead atoms. The van der Waals surface area contributed by atoms with Gasteiger partial charge in [0, 0.05) is 6.61 Å². The number of carbonyl (C=O) groups is 1. The molecule has 0 saturated carbocycles. The second-order valence-electron chi connectivity index (χ2n) is 7.07. The monoisotopic (exact) mass is 435 g/mol. The molecule has 1 N–H and O–H groups in total. The van der Waals surface area contributed by atoms with E-state index in [1.807, 2.05) is 25.1 Å². The third-order valence-electron chi connectivity index (χ3n) is 3.58. The zero-order valence-corrected chi connectivity index (χ0v) is 18.2. The molecule has 2 heterocycles. The molecule has 0 saturated heterocycles. The highest BCUT2D eigenvalue weighted by Gasteiger charge is 2.18. The van der Waals surface area contributed by atoms with E-state index in [4.69, 9.17) is 25.8 Å². The first-order valence-electron chi connectivity index (χ1n) is 9.03. The van der Waals surface area contributed by atoms with Gasteiger partial charge in [0.1, 0.15) is 22.1 Å². The molecule has 29 heavy (non-hydrogen) atoms. The van der Waals surface area contributed by atoms with Gasteiger partial charge in [0.25, 0.3) is 0 Å². The minimum Gasteiger partial charge on any atom is -0.468 e. The average Bonchev–Trinajstić information content (AvgIpc) is 3.05. The molecule has 0 spiro atoms. The maximum Gasteiger partial charge on any atom is 0.412 e. The summed E-state index contributed by atoms with van der Waals surface area (Å²) in [6.45, 7) is 8.07. The number of nitrogens with one attached hydrogen (secondary N) is 1. The van der Waals surface area contributed by atoms with E-state index >= 15 is 0 Å². The molecular weight excluding hydrogens is 414 g/mol. The Balaban J connectivity index is 1.77. The molecule has 9 heteroatoms. The lowest BCUT2D eigenvalue weighted by atomic mass is 10.2. The number of fused-ring (bicyclic) bond motifs is 1. The molecule has 0 atom stereocenters. The maximum atomic E-state index is 11.9. The van der Waals surface area contributed by atoms with Crippen LogP contribution >= 0.6 is 22.9 Å². The van der Waals surface area contributed by atoms with Gasteiger partial charge in [0.2, 0.25) is 0 Å². The van der Waals surface area contributed by atoms with E-state index in [2.05, 4.69) is 15.3 Å². The van der Waals surface area contributed by atoms with Gasteiger partial charge < -0.3 is 14.2 Å². The Morgan fingerprint density at radius 1 is 1.21 bits per heavy atom. The lowest BCUT2D eigenvalue weighted by molar-refractivity contribution is 0.0225. The number of anilines is 1. The predicted molar refractivity (Wildman–Crippen MR) is 115 cm³/mol. The van der Waals surface area contributed by atoms with Crippen molar-refractivity contribution in [2.24, 2.45) is 0 Å². The van der Waals surface area contributed by atoms with Gasteiger partial charge in [-0.15, -0.1) is 11.3 Å². The van der Waals surface area contributed by atoms with Gasteiger partial charge in [-0.2, -0.15) is 0 Å². The van der Waals surface area contributed by atoms with Crippen LogP contribution in [-0.2, 0) is 9.47 Å². The normalized spacial score (nSPS) is 11.5. The summed E-state index contributed by atoms with van der Waals surface area (Å²) in [6, 6.07) is 9.07. The van der Waals surface area contributed by atoms with E-state index in [1.165, 1.54) is 11.3 Å². The number of benzene rings is 1. The molecule has 0 aliphatic rings. The zero-order chi connectivity index (χ0) is 21.0. The highest BCUT2D eigenvalue weighted by atomic mass is 35.5. The summed E-state index contributed by atoms with van der Waals surface area (Å²) in [6.07, 6.45) is -0.589. The maximum absolute atomic E-state index is 11.9. The van der Waals surface area contributed by atoms with Crippen molar-refractivity contribution in [2.45, 2.75) is 33.3 Å². The molecule has 1 aromatic carbocycles. The van der Waals surface area contributed by atoms with E-state index in [0.717, 1.165) is 10.2 Å². The quantitative estimate of drug-likeness (QED) is 0.302. The first-order chi connectivity index (χ1) is 13.7. The largest absolute Gasteiger partial charge is 0.468 e. The van der Waals surface area contributed by atoms with E-state index in [-0.39, 0.29) is 11.9 Å². The van der Waals surface area contributed by atoms with Crippen molar-refractivity contribution < 1.29 is 19.0 Å². The Morgan fingerprint density at radius 2 is 2.00 bits per heavy atom. The summed E-state index contributed by atoms with van der Waals surface area (Å²) in [5.41, 5.74) is 1.22. The number of halogens is 1. The number of pyridine rings is 1. The number of rotatable bonds is 6. The van der Waals surface area contributed by atoms with Crippen LogP contribution in [0.15, 0.2) is 30.3 Å². The molecular formula is C20H22ClN3O4S. The lowest BCUT2D eigenvalue weighted by Gasteiger charge is -2.19. The molecule has 7 nitrogen and oxygen atoms in total. The second kappa shape index (κ2) is 8.94. The Labute approximate surface area is 178 Å². The number of thiazole rings is 1. The van der Waals surface area contributed by atoms with Gasteiger partial charge in [-0.05, 0) is 58.0 Å². The van der Waals surface area contributed by atoms with Gasteiger partial charge in [0.15, 0.2) is 11.9 Å². The van der Waals surface area contributed by atoms with Crippen molar-refractivity contribution >= 4 is 44.9 Å². The molecule has 154 valence electrons. The topological polar surface area (TPSA) is 82.6 Å². The summed E-state index contributed by atoms with van der Waals surface area (Å²) in [4.78, 5) is 20.9. The van der Waals surface area contributed by atoms with Crippen molar-refractivity contribution in [2.75, 3.05) is 18.7 Å². The fourth-order valence-corrected chi connectivity index (χ4v) is 3.52. The van der Waals surface area contributed by atoms with E-state index in [0.29, 0.717) is 28.7 Å². The van der Waals surface area contributed by atoms with Crippen molar-refractivity contribution in [3.05, 3.63) is 35.5 Å². The van der Waals surface area contributed by atoms with Crippen LogP contribution < -0.4 is 10.1 Å². The molecule has 0 fully saturated rings. The van der Waals surface area contributed by atoms with Crippen LogP contribution in [0.3, 0.4) is 0 Å². The SMILES string of the molecule is CCOCOc1ccc2nc(-c3ccc(NC(=O)OC(C)(C)C)c(Cl)n3)sc2c1. The van der Waals surface area contributed by atoms with Crippen LogP contribution in [0.2, 0.25) is 5.15 Å². The molecule has 0 radical (unpaired) electrons. The van der Waals surface area contributed by atoms with Crippen LogP contribution in [0, 0.1) is 0 Å². The molecule has 1 amide bonds. The average molecular weight is 436 g/mol. The van der Waals surface area contributed by atoms with E-state index < -0.39 is 11.7 Å². The van der Waals surface area contributed by atoms with Crippen molar-refractivity contribution in [3.63, 3.8) is 0 Å². The van der Waals surface area contributed by atoms with Crippen molar-refractivity contribution in [1.29, 1.82) is 0 Å². The number of amides is 1. The summed E-state index contributed by atoms with van der Waals surface area (Å²) in [5.74, 6) is 0.712. The first-order valence-corrected chi connectivity index (χ1v) is 10.2. The second-order valence-corrected chi connectivity index (χ2v) is 8.45. The lowest BCUT2D eigenvalue weighted by Crippen LogP contribution is -2.27. The standard InChI is InChI=1S/C20H22ClN3O4S/c1-5-26-11-27-12-6-7-13-16(10-12)29-18(23-13)15-9-8-14(17(21)22-15)24-19(25)28-20(2,3)4/h6-10H,5,11H2,1-4H3,(H,24,25). The third-order valence-corrected chi connectivity index (χ3v) is 4.91. The number of aromatic nitrogens is 2. The number of hydrogen-bond donors (Lipinski definition) is 1. The molecule has 3 aromatic rings. The molecule has 0 aliphatic heterocycles. The van der Waals surface area contributed by atoms with Crippen LogP contribution in [0.5, 0.6) is 5.75 Å². The Morgan fingerprint density at radius 3 is 2.69 bits per heavy atom. The highest BCUT2D eigenvalue weighted by molar-refractivity contribution is 7.21. The summed E-state index contributed by atoms with van der Waals surface area (Å²) in [5, 5.41) is 3.48. The van der Waals surface area contributed by atoms with Crippen molar-refractivity contribution in [3.8, 4) is 16.5 Å². The third kappa shape index (κ3) is 5.79. The number of carbonyl (C=O) groups excluding carboxylic acids is 1. The van der Waals surface area contributed by atoms with E-state index in [1.54, 1.807) is 32.9 Å². The zero-order valence-electron chi connectivity index (χ0n) is 16.6.